The van der Waals surface area contributed by atoms with Crippen LogP contribution in [0.25, 0.3) is 0 Å². The average molecular weight is 468 g/mol. The molecule has 1 unspecified atom stereocenters. The van der Waals surface area contributed by atoms with Crippen LogP contribution in [0.15, 0.2) is 4.99 Å². The van der Waals surface area contributed by atoms with Gasteiger partial charge < -0.3 is 15.0 Å². The van der Waals surface area contributed by atoms with Gasteiger partial charge in [0, 0.05) is 51.1 Å². The van der Waals surface area contributed by atoms with Crippen molar-refractivity contribution in [3.8, 4) is 0 Å². The second-order valence-corrected chi connectivity index (χ2v) is 8.30. The van der Waals surface area contributed by atoms with Crippen molar-refractivity contribution < 1.29 is 4.74 Å². The Labute approximate surface area is 168 Å². The molecule has 3 rings (SSSR count). The zero-order valence-corrected chi connectivity index (χ0v) is 18.3. The van der Waals surface area contributed by atoms with E-state index in [1.54, 1.807) is 0 Å². The highest BCUT2D eigenvalue weighted by molar-refractivity contribution is 14.0. The number of morpholine rings is 1. The SMILES string of the molecule is CN=C(NCC1(N2CCOCC2)CCSC1)N1CCC(C)CC1.I. The van der Waals surface area contributed by atoms with Gasteiger partial charge in [-0.2, -0.15) is 11.8 Å². The number of hydrogen-bond donors (Lipinski definition) is 1. The third-order valence-electron chi connectivity index (χ3n) is 5.63. The van der Waals surface area contributed by atoms with E-state index in [9.17, 15) is 0 Å². The predicted molar refractivity (Wildman–Crippen MR) is 114 cm³/mol. The van der Waals surface area contributed by atoms with Crippen molar-refractivity contribution in [3.05, 3.63) is 0 Å². The molecular formula is C17H33IN4OS. The number of thioether (sulfide) groups is 1. The number of ether oxygens (including phenoxy) is 1. The Hall–Kier alpha value is 0.270. The number of rotatable bonds is 3. The molecule has 0 aromatic heterocycles. The minimum absolute atomic E-state index is 0. The van der Waals surface area contributed by atoms with Gasteiger partial charge in [0.15, 0.2) is 5.96 Å². The van der Waals surface area contributed by atoms with E-state index in [0.29, 0.717) is 0 Å². The normalized spacial score (nSPS) is 30.2. The van der Waals surface area contributed by atoms with Crippen molar-refractivity contribution in [1.82, 2.24) is 15.1 Å². The highest BCUT2D eigenvalue weighted by Crippen LogP contribution is 2.33. The van der Waals surface area contributed by atoms with E-state index in [0.717, 1.165) is 57.8 Å². The van der Waals surface area contributed by atoms with E-state index in [1.807, 2.05) is 7.05 Å². The first-order valence-electron chi connectivity index (χ1n) is 9.10. The largest absolute Gasteiger partial charge is 0.379 e. The first kappa shape index (κ1) is 20.6. The topological polar surface area (TPSA) is 40.1 Å². The van der Waals surface area contributed by atoms with Crippen molar-refractivity contribution in [2.45, 2.75) is 31.7 Å². The van der Waals surface area contributed by atoms with E-state index in [4.69, 9.17) is 4.74 Å². The summed E-state index contributed by atoms with van der Waals surface area (Å²) in [6.07, 6.45) is 3.84. The summed E-state index contributed by atoms with van der Waals surface area (Å²) in [6.45, 7) is 9.55. The molecule has 0 spiro atoms. The van der Waals surface area contributed by atoms with E-state index in [2.05, 4.69) is 38.8 Å². The monoisotopic (exact) mass is 468 g/mol. The Balaban J connectivity index is 0.00000208. The Morgan fingerprint density at radius 1 is 1.25 bits per heavy atom. The van der Waals surface area contributed by atoms with E-state index < -0.39 is 0 Å². The van der Waals surface area contributed by atoms with Crippen LogP contribution < -0.4 is 5.32 Å². The van der Waals surface area contributed by atoms with Gasteiger partial charge in [0.1, 0.15) is 0 Å². The molecule has 0 bridgehead atoms. The van der Waals surface area contributed by atoms with Crippen molar-refractivity contribution in [2.75, 3.05) is 64.5 Å². The lowest BCUT2D eigenvalue weighted by atomic mass is 9.95. The van der Waals surface area contributed by atoms with Crippen molar-refractivity contribution >= 4 is 41.7 Å². The molecule has 3 saturated heterocycles. The first-order chi connectivity index (χ1) is 11.2. The van der Waals surface area contributed by atoms with Crippen molar-refractivity contribution in [3.63, 3.8) is 0 Å². The Bertz CT molecular complexity index is 403. The Morgan fingerprint density at radius 3 is 2.54 bits per heavy atom. The lowest BCUT2D eigenvalue weighted by Crippen LogP contribution is -2.60. The van der Waals surface area contributed by atoms with Crippen LogP contribution in [0.4, 0.5) is 0 Å². The fourth-order valence-electron chi connectivity index (χ4n) is 3.93. The molecule has 0 aromatic carbocycles. The van der Waals surface area contributed by atoms with Gasteiger partial charge in [0.2, 0.25) is 0 Å². The lowest BCUT2D eigenvalue weighted by molar-refractivity contribution is -0.0122. The lowest BCUT2D eigenvalue weighted by Gasteiger charge is -2.44. The second-order valence-electron chi connectivity index (χ2n) is 7.20. The summed E-state index contributed by atoms with van der Waals surface area (Å²) in [6, 6.07) is 0. The molecule has 0 radical (unpaired) electrons. The predicted octanol–water partition coefficient (Wildman–Crippen LogP) is 2.12. The quantitative estimate of drug-likeness (QED) is 0.391. The summed E-state index contributed by atoms with van der Waals surface area (Å²) >= 11 is 2.09. The minimum Gasteiger partial charge on any atom is -0.379 e. The van der Waals surface area contributed by atoms with E-state index >= 15 is 0 Å². The fourth-order valence-corrected chi connectivity index (χ4v) is 5.41. The number of aliphatic imine (C=N–C) groups is 1. The number of likely N-dealkylation sites (tertiary alicyclic amines) is 1. The number of piperidine rings is 1. The molecule has 3 fully saturated rings. The van der Waals surface area contributed by atoms with Crippen LogP contribution in [0, 0.1) is 5.92 Å². The van der Waals surface area contributed by atoms with Gasteiger partial charge in [-0.15, -0.1) is 24.0 Å². The molecule has 0 aliphatic carbocycles. The maximum Gasteiger partial charge on any atom is 0.193 e. The molecule has 7 heteroatoms. The number of nitrogens with one attached hydrogen (secondary N) is 1. The van der Waals surface area contributed by atoms with Gasteiger partial charge in [-0.1, -0.05) is 6.92 Å². The molecule has 0 amide bonds. The van der Waals surface area contributed by atoms with Gasteiger partial charge in [-0.05, 0) is 30.9 Å². The van der Waals surface area contributed by atoms with Crippen LogP contribution >= 0.6 is 35.7 Å². The molecule has 3 aliphatic heterocycles. The fraction of sp³-hybridized carbons (Fsp3) is 0.941. The standard InChI is InChI=1S/C17H32N4OS.HI/c1-15-3-6-20(7-4-15)16(18-2)19-13-17(5-12-23-14-17)21-8-10-22-11-9-21;/h15H,3-14H2,1-2H3,(H,18,19);1H. The van der Waals surface area contributed by atoms with Crippen molar-refractivity contribution in [2.24, 2.45) is 10.9 Å². The van der Waals surface area contributed by atoms with Crippen LogP contribution in [0.3, 0.4) is 0 Å². The second kappa shape index (κ2) is 9.83. The maximum absolute atomic E-state index is 5.56. The van der Waals surface area contributed by atoms with Crippen LogP contribution in [0.5, 0.6) is 0 Å². The first-order valence-corrected chi connectivity index (χ1v) is 10.3. The van der Waals surface area contributed by atoms with Gasteiger partial charge >= 0.3 is 0 Å². The molecule has 140 valence electrons. The van der Waals surface area contributed by atoms with Crippen LogP contribution in [0.1, 0.15) is 26.2 Å². The smallest absolute Gasteiger partial charge is 0.193 e. The number of hydrogen-bond acceptors (Lipinski definition) is 4. The third-order valence-corrected chi connectivity index (χ3v) is 6.87. The summed E-state index contributed by atoms with van der Waals surface area (Å²) in [4.78, 5) is 9.66. The molecule has 5 nitrogen and oxygen atoms in total. The van der Waals surface area contributed by atoms with Crippen LogP contribution in [0.2, 0.25) is 0 Å². The zero-order valence-electron chi connectivity index (χ0n) is 15.1. The maximum atomic E-state index is 5.56. The van der Waals surface area contributed by atoms with Gasteiger partial charge in [-0.25, -0.2) is 0 Å². The summed E-state index contributed by atoms with van der Waals surface area (Å²) in [5.74, 6) is 4.46. The van der Waals surface area contributed by atoms with E-state index in [1.165, 1.54) is 30.8 Å². The average Bonchev–Trinajstić information content (AvgIpc) is 3.08. The molecule has 24 heavy (non-hydrogen) atoms. The molecular weight excluding hydrogens is 435 g/mol. The summed E-state index contributed by atoms with van der Waals surface area (Å²) in [7, 11) is 1.92. The number of halogens is 1. The number of nitrogens with zero attached hydrogens (tertiary/aromatic N) is 3. The Morgan fingerprint density at radius 2 is 1.96 bits per heavy atom. The van der Waals surface area contributed by atoms with Crippen molar-refractivity contribution in [1.29, 1.82) is 0 Å². The highest BCUT2D eigenvalue weighted by Gasteiger charge is 2.41. The summed E-state index contributed by atoms with van der Waals surface area (Å²) in [5, 5.41) is 3.71. The molecule has 3 heterocycles. The van der Waals surface area contributed by atoms with Gasteiger partial charge in [0.25, 0.3) is 0 Å². The Kier molecular flexibility index (Phi) is 8.43. The molecule has 0 aromatic rings. The van der Waals surface area contributed by atoms with Gasteiger partial charge in [-0.3, -0.25) is 9.89 Å². The highest BCUT2D eigenvalue weighted by atomic mass is 127. The summed E-state index contributed by atoms with van der Waals surface area (Å²) < 4.78 is 5.56. The molecule has 1 atom stereocenters. The number of guanidine groups is 1. The van der Waals surface area contributed by atoms with Crippen LogP contribution in [-0.2, 0) is 4.74 Å². The molecule has 1 N–H and O–H groups in total. The minimum atomic E-state index is 0. The van der Waals surface area contributed by atoms with Gasteiger partial charge in [0.05, 0.1) is 13.2 Å². The zero-order chi connectivity index (χ0) is 16.1. The molecule has 3 aliphatic rings. The summed E-state index contributed by atoms with van der Waals surface area (Å²) in [5.41, 5.74) is 0.285. The molecule has 0 saturated carbocycles. The van der Waals surface area contributed by atoms with Crippen LogP contribution in [-0.4, -0.2) is 85.8 Å². The third kappa shape index (κ3) is 4.92. The van der Waals surface area contributed by atoms with E-state index in [-0.39, 0.29) is 29.5 Å².